The number of unbranched alkanes of at least 4 members (excludes halogenated alkanes) is 44. The molecule has 0 aromatic carbocycles. The van der Waals surface area contributed by atoms with Crippen LogP contribution in [0.2, 0.25) is 0 Å². The normalized spacial score (nSPS) is 13.7. The summed E-state index contributed by atoms with van der Waals surface area (Å²) in [5.41, 5.74) is 0.436. The Hall–Kier alpha value is -0.460. The van der Waals surface area contributed by atoms with E-state index in [1.807, 2.05) is 0 Å². The first-order valence-corrected chi connectivity index (χ1v) is 38.7. The molecule has 0 rings (SSSR count). The molecule has 0 spiro atoms. The first-order valence-electron chi connectivity index (χ1n) is 36.7. The Bertz CT molecular complexity index is 1300. The van der Waals surface area contributed by atoms with Crippen LogP contribution in [0.5, 0.6) is 0 Å². The highest BCUT2D eigenvalue weighted by molar-refractivity contribution is 8.14. The standard InChI is InChI=1S/C73H144N2O6S2/c1-6-10-14-18-22-26-30-34-38-42-46-50-54-68(76)63-74(64-69(77)55-51-47-43-39-35-31-27-23-19-15-11-7-2)58-60-82-72(80)62-67(5)73(81)83-61-59-75(65-70(78)56-52-48-44-40-36-32-28-24-20-16-12-8-3)66-71(79)57-53-49-45-41-37-33-29-25-21-17-13-9-4/h62,68-71,76-79H,6-61,63-66H2,1-5H3/b67-62+. The van der Waals surface area contributed by atoms with Gasteiger partial charge < -0.3 is 20.4 Å². The van der Waals surface area contributed by atoms with Crippen molar-refractivity contribution in [2.45, 2.75) is 393 Å². The Morgan fingerprint density at radius 2 is 0.506 bits per heavy atom. The second-order valence-corrected chi connectivity index (χ2v) is 28.1. The van der Waals surface area contributed by atoms with Crippen molar-refractivity contribution in [3.63, 3.8) is 0 Å². The molecule has 0 aromatic heterocycles. The van der Waals surface area contributed by atoms with Crippen molar-refractivity contribution in [2.75, 3.05) is 50.8 Å². The molecule has 494 valence electrons. The minimum absolute atomic E-state index is 0.114. The van der Waals surface area contributed by atoms with Crippen molar-refractivity contribution in [3.8, 4) is 0 Å². The number of aliphatic hydroxyl groups is 4. The third kappa shape index (κ3) is 61.6. The average molecular weight is 1210 g/mol. The number of hydrogen-bond acceptors (Lipinski definition) is 10. The lowest BCUT2D eigenvalue weighted by atomic mass is 10.0. The van der Waals surface area contributed by atoms with Gasteiger partial charge in [-0.3, -0.25) is 19.4 Å². The summed E-state index contributed by atoms with van der Waals surface area (Å²) in [6.07, 6.45) is 64.6. The third-order valence-electron chi connectivity index (χ3n) is 17.4. The fourth-order valence-corrected chi connectivity index (χ4v) is 13.5. The maximum absolute atomic E-state index is 13.4. The van der Waals surface area contributed by atoms with E-state index < -0.39 is 24.4 Å². The molecule has 0 amide bonds. The zero-order valence-corrected chi connectivity index (χ0v) is 57.8. The van der Waals surface area contributed by atoms with E-state index in [0.29, 0.717) is 56.3 Å². The van der Waals surface area contributed by atoms with Gasteiger partial charge in [0.1, 0.15) is 0 Å². The lowest BCUT2D eigenvalue weighted by Crippen LogP contribution is -2.39. The predicted octanol–water partition coefficient (Wildman–Crippen LogP) is 20.9. The molecule has 4 unspecified atom stereocenters. The Morgan fingerprint density at radius 3 is 0.723 bits per heavy atom. The molecule has 8 nitrogen and oxygen atoms in total. The number of rotatable bonds is 68. The van der Waals surface area contributed by atoms with Gasteiger partial charge in [0, 0.05) is 56.3 Å². The number of carbonyl (C=O) groups is 2. The number of nitrogens with zero attached hydrogens (tertiary/aromatic N) is 2. The summed E-state index contributed by atoms with van der Waals surface area (Å²) in [4.78, 5) is 31.0. The first kappa shape index (κ1) is 82.5. The molecule has 0 aliphatic rings. The van der Waals surface area contributed by atoms with Gasteiger partial charge in [0.15, 0.2) is 0 Å². The minimum atomic E-state index is -0.463. The first-order chi connectivity index (χ1) is 40.6. The molecule has 0 heterocycles. The maximum atomic E-state index is 13.4. The summed E-state index contributed by atoms with van der Waals surface area (Å²) < 4.78 is 0. The van der Waals surface area contributed by atoms with Crippen LogP contribution in [0, 0.1) is 0 Å². The van der Waals surface area contributed by atoms with Gasteiger partial charge in [-0.05, 0) is 38.7 Å². The van der Waals surface area contributed by atoms with Crippen molar-refractivity contribution < 1.29 is 30.0 Å². The molecule has 0 saturated carbocycles. The van der Waals surface area contributed by atoms with Gasteiger partial charge in [0.05, 0.1) is 24.4 Å². The van der Waals surface area contributed by atoms with Crippen LogP contribution in [0.3, 0.4) is 0 Å². The van der Waals surface area contributed by atoms with E-state index in [1.165, 1.54) is 286 Å². The van der Waals surface area contributed by atoms with E-state index in [2.05, 4.69) is 37.5 Å². The van der Waals surface area contributed by atoms with E-state index in [4.69, 9.17) is 0 Å². The minimum Gasteiger partial charge on any atom is -0.392 e. The Morgan fingerprint density at radius 1 is 0.313 bits per heavy atom. The van der Waals surface area contributed by atoms with Crippen LogP contribution in [0.4, 0.5) is 0 Å². The molecule has 0 saturated heterocycles. The lowest BCUT2D eigenvalue weighted by molar-refractivity contribution is -0.109. The van der Waals surface area contributed by atoms with Crippen LogP contribution in [0.1, 0.15) is 369 Å². The molecule has 0 aliphatic carbocycles. The number of carbonyl (C=O) groups excluding carboxylic acids is 2. The van der Waals surface area contributed by atoms with Gasteiger partial charge in [-0.2, -0.15) is 0 Å². The van der Waals surface area contributed by atoms with Gasteiger partial charge in [0.2, 0.25) is 10.2 Å². The second-order valence-electron chi connectivity index (χ2n) is 26.0. The van der Waals surface area contributed by atoms with Crippen molar-refractivity contribution in [2.24, 2.45) is 0 Å². The van der Waals surface area contributed by atoms with Crippen LogP contribution < -0.4 is 0 Å². The summed E-state index contributed by atoms with van der Waals surface area (Å²) in [7, 11) is 0. The largest absolute Gasteiger partial charge is 0.392 e. The number of thioether (sulfide) groups is 2. The van der Waals surface area contributed by atoms with E-state index in [9.17, 15) is 30.0 Å². The highest BCUT2D eigenvalue weighted by Gasteiger charge is 2.19. The average Bonchev–Trinajstić information content (AvgIpc) is 3.49. The summed E-state index contributed by atoms with van der Waals surface area (Å²) in [6, 6.07) is 0. The van der Waals surface area contributed by atoms with Gasteiger partial charge in [-0.25, -0.2) is 0 Å². The van der Waals surface area contributed by atoms with Gasteiger partial charge in [-0.1, -0.05) is 359 Å². The molecule has 10 heteroatoms. The fourth-order valence-electron chi connectivity index (χ4n) is 11.9. The summed E-state index contributed by atoms with van der Waals surface area (Å²) in [6.45, 7) is 14.0. The molecule has 4 atom stereocenters. The topological polar surface area (TPSA) is 122 Å². The molecule has 0 radical (unpaired) electrons. The number of hydrogen-bond donors (Lipinski definition) is 4. The molecule has 0 bridgehead atoms. The third-order valence-corrected chi connectivity index (χ3v) is 19.1. The van der Waals surface area contributed by atoms with Crippen LogP contribution in [0.25, 0.3) is 0 Å². The zero-order chi connectivity index (χ0) is 60.7. The van der Waals surface area contributed by atoms with Gasteiger partial charge in [-0.15, -0.1) is 0 Å². The molecular weight excluding hydrogens is 1060 g/mol. The van der Waals surface area contributed by atoms with Crippen LogP contribution in [0.15, 0.2) is 11.6 Å². The lowest BCUT2D eigenvalue weighted by Gasteiger charge is -2.27. The monoisotopic (exact) mass is 1210 g/mol. The van der Waals surface area contributed by atoms with Gasteiger partial charge >= 0.3 is 0 Å². The highest BCUT2D eigenvalue weighted by atomic mass is 32.2. The molecular formula is C73H144N2O6S2. The predicted molar refractivity (Wildman–Crippen MR) is 368 cm³/mol. The summed E-state index contributed by atoms with van der Waals surface area (Å²) in [5, 5.41) is 44.5. The molecule has 4 N–H and O–H groups in total. The van der Waals surface area contributed by atoms with Crippen molar-refractivity contribution >= 4 is 33.8 Å². The van der Waals surface area contributed by atoms with Crippen LogP contribution in [-0.2, 0) is 9.59 Å². The smallest absolute Gasteiger partial charge is 0.215 e. The van der Waals surface area contributed by atoms with E-state index in [0.717, 1.165) is 77.0 Å². The van der Waals surface area contributed by atoms with Gasteiger partial charge in [0.25, 0.3) is 0 Å². The van der Waals surface area contributed by atoms with Crippen molar-refractivity contribution in [1.29, 1.82) is 0 Å². The van der Waals surface area contributed by atoms with E-state index in [1.54, 1.807) is 6.92 Å². The van der Waals surface area contributed by atoms with E-state index >= 15 is 0 Å². The van der Waals surface area contributed by atoms with Crippen LogP contribution >= 0.6 is 23.5 Å². The van der Waals surface area contributed by atoms with E-state index in [-0.39, 0.29) is 10.2 Å². The van der Waals surface area contributed by atoms with Crippen LogP contribution in [-0.4, -0.2) is 116 Å². The Labute approximate surface area is 526 Å². The van der Waals surface area contributed by atoms with Crippen molar-refractivity contribution in [3.05, 3.63) is 11.6 Å². The molecule has 0 aliphatic heterocycles. The van der Waals surface area contributed by atoms with Crippen molar-refractivity contribution in [1.82, 2.24) is 9.80 Å². The molecule has 0 fully saturated rings. The summed E-state index contributed by atoms with van der Waals surface area (Å²) in [5.74, 6) is 1.05. The Kier molecular flexibility index (Phi) is 65.6. The Balaban J connectivity index is 5.19. The second kappa shape index (κ2) is 66.0. The molecule has 83 heavy (non-hydrogen) atoms. The zero-order valence-electron chi connectivity index (χ0n) is 56.1. The SMILES string of the molecule is CCCCCCCCCCCCCCC(O)CN(CCSC(=O)/C=C(\C)C(=O)SCCN(CC(O)CCCCCCCCCCCCCC)CC(O)CCCCCCCCCCCCCC)CC(O)CCCCCCCCCCCCCC. The number of aliphatic hydroxyl groups excluding tert-OH is 4. The highest BCUT2D eigenvalue weighted by Crippen LogP contribution is 2.21. The summed E-state index contributed by atoms with van der Waals surface area (Å²) >= 11 is 2.43. The quantitative estimate of drug-likeness (QED) is 0.0346. The fraction of sp³-hybridized carbons (Fsp3) is 0.945. The molecule has 0 aromatic rings. The maximum Gasteiger partial charge on any atom is 0.215 e.